The fourth-order valence-corrected chi connectivity index (χ4v) is 2.48. The molecule has 2 aromatic rings. The summed E-state index contributed by atoms with van der Waals surface area (Å²) >= 11 is 0. The highest BCUT2D eigenvalue weighted by Gasteiger charge is 2.23. The number of nitrogens with one attached hydrogen (secondary N) is 2. The van der Waals surface area contributed by atoms with Crippen molar-refractivity contribution in [3.63, 3.8) is 0 Å². The molecule has 0 spiro atoms. The number of carbonyl (C=O) groups excluding carboxylic acids is 3. The molecule has 0 aliphatic heterocycles. The standard InChI is InChI=1S/C18H20N4O3/c19-17(24)16(13-9-5-2-6-10-13)22-15(23)11-14(21-18(20)25)12-7-3-1-4-8-12/h1-10,14,16H,11H2,(H2,19,24)(H,22,23)(H3,20,21,25). The molecule has 2 aromatic carbocycles. The van der Waals surface area contributed by atoms with Gasteiger partial charge in [-0.25, -0.2) is 4.79 Å². The topological polar surface area (TPSA) is 127 Å². The van der Waals surface area contributed by atoms with Crippen LogP contribution in [0, 0.1) is 0 Å². The molecule has 0 saturated heterocycles. The first-order chi connectivity index (χ1) is 12.0. The Bertz CT molecular complexity index is 735. The van der Waals surface area contributed by atoms with Crippen LogP contribution in [0.15, 0.2) is 60.7 Å². The van der Waals surface area contributed by atoms with Gasteiger partial charge in [-0.3, -0.25) is 9.59 Å². The van der Waals surface area contributed by atoms with Gasteiger partial charge in [0.25, 0.3) is 0 Å². The zero-order valence-corrected chi connectivity index (χ0v) is 13.5. The first kappa shape index (κ1) is 18.0. The summed E-state index contributed by atoms with van der Waals surface area (Å²) < 4.78 is 0. The van der Waals surface area contributed by atoms with E-state index in [1.807, 2.05) is 6.07 Å². The van der Waals surface area contributed by atoms with Crippen LogP contribution in [0.25, 0.3) is 0 Å². The first-order valence-corrected chi connectivity index (χ1v) is 7.72. The van der Waals surface area contributed by atoms with Gasteiger partial charge in [0, 0.05) is 0 Å². The maximum Gasteiger partial charge on any atom is 0.312 e. The molecule has 2 rings (SSSR count). The van der Waals surface area contributed by atoms with Crippen LogP contribution in [0.3, 0.4) is 0 Å². The predicted molar refractivity (Wildman–Crippen MR) is 93.0 cm³/mol. The Morgan fingerprint density at radius 2 is 1.32 bits per heavy atom. The molecule has 2 atom stereocenters. The van der Waals surface area contributed by atoms with Crippen LogP contribution >= 0.6 is 0 Å². The van der Waals surface area contributed by atoms with Gasteiger partial charge in [0.15, 0.2) is 0 Å². The number of urea groups is 1. The molecule has 0 bridgehead atoms. The summed E-state index contributed by atoms with van der Waals surface area (Å²) in [6.45, 7) is 0. The maximum atomic E-state index is 12.4. The van der Waals surface area contributed by atoms with Crippen LogP contribution in [0.4, 0.5) is 4.79 Å². The van der Waals surface area contributed by atoms with Crippen molar-refractivity contribution < 1.29 is 14.4 Å². The Labute approximate surface area is 145 Å². The van der Waals surface area contributed by atoms with E-state index in [0.717, 1.165) is 5.56 Å². The van der Waals surface area contributed by atoms with Crippen LogP contribution in [0.2, 0.25) is 0 Å². The fourth-order valence-electron chi connectivity index (χ4n) is 2.48. The van der Waals surface area contributed by atoms with Gasteiger partial charge in [-0.05, 0) is 11.1 Å². The average Bonchev–Trinajstić information content (AvgIpc) is 2.60. The molecule has 0 saturated carbocycles. The van der Waals surface area contributed by atoms with Crippen molar-refractivity contribution in [3.05, 3.63) is 71.8 Å². The number of primary amides is 2. The normalized spacial score (nSPS) is 12.6. The van der Waals surface area contributed by atoms with E-state index in [9.17, 15) is 14.4 Å². The molecule has 6 N–H and O–H groups in total. The number of hydrogen-bond acceptors (Lipinski definition) is 3. The fraction of sp³-hybridized carbons (Fsp3) is 0.167. The Kier molecular flexibility index (Phi) is 6.11. The second-order valence-electron chi connectivity index (χ2n) is 5.49. The van der Waals surface area contributed by atoms with E-state index in [2.05, 4.69) is 10.6 Å². The molecule has 7 nitrogen and oxygen atoms in total. The molecule has 25 heavy (non-hydrogen) atoms. The van der Waals surface area contributed by atoms with Gasteiger partial charge >= 0.3 is 6.03 Å². The zero-order chi connectivity index (χ0) is 18.2. The van der Waals surface area contributed by atoms with E-state index in [1.165, 1.54) is 0 Å². The molecule has 130 valence electrons. The molecular formula is C18H20N4O3. The monoisotopic (exact) mass is 340 g/mol. The molecule has 2 unspecified atom stereocenters. The Morgan fingerprint density at radius 3 is 1.80 bits per heavy atom. The molecule has 0 heterocycles. The van der Waals surface area contributed by atoms with E-state index >= 15 is 0 Å². The Hall–Kier alpha value is -3.35. The highest BCUT2D eigenvalue weighted by Crippen LogP contribution is 2.18. The van der Waals surface area contributed by atoms with Crippen molar-refractivity contribution in [1.29, 1.82) is 0 Å². The van der Waals surface area contributed by atoms with Crippen molar-refractivity contribution in [2.45, 2.75) is 18.5 Å². The largest absolute Gasteiger partial charge is 0.368 e. The summed E-state index contributed by atoms with van der Waals surface area (Å²) in [6, 6.07) is 15.4. The van der Waals surface area contributed by atoms with Crippen LogP contribution in [0.5, 0.6) is 0 Å². The molecule has 0 aliphatic carbocycles. The quantitative estimate of drug-likeness (QED) is 0.603. The van der Waals surface area contributed by atoms with Gasteiger partial charge in [0.05, 0.1) is 12.5 Å². The van der Waals surface area contributed by atoms with E-state index in [1.54, 1.807) is 54.6 Å². The summed E-state index contributed by atoms with van der Waals surface area (Å²) in [6.07, 6.45) is -0.0798. The zero-order valence-electron chi connectivity index (χ0n) is 13.5. The lowest BCUT2D eigenvalue weighted by atomic mass is 10.0. The average molecular weight is 340 g/mol. The first-order valence-electron chi connectivity index (χ1n) is 7.72. The summed E-state index contributed by atoms with van der Waals surface area (Å²) in [7, 11) is 0. The molecule has 0 radical (unpaired) electrons. The van der Waals surface area contributed by atoms with E-state index in [-0.39, 0.29) is 6.42 Å². The lowest BCUT2D eigenvalue weighted by Crippen LogP contribution is -2.40. The molecule has 0 aromatic heterocycles. The smallest absolute Gasteiger partial charge is 0.312 e. The van der Waals surface area contributed by atoms with Crippen molar-refractivity contribution >= 4 is 17.8 Å². The van der Waals surface area contributed by atoms with Crippen molar-refractivity contribution in [2.24, 2.45) is 11.5 Å². The number of nitrogens with two attached hydrogens (primary N) is 2. The summed E-state index contributed by atoms with van der Waals surface area (Å²) in [5.41, 5.74) is 11.9. The second kappa shape index (κ2) is 8.49. The van der Waals surface area contributed by atoms with Gasteiger partial charge in [-0.1, -0.05) is 60.7 Å². The van der Waals surface area contributed by atoms with Gasteiger partial charge in [-0.15, -0.1) is 0 Å². The Morgan fingerprint density at radius 1 is 0.800 bits per heavy atom. The van der Waals surface area contributed by atoms with Gasteiger partial charge in [0.2, 0.25) is 11.8 Å². The predicted octanol–water partition coefficient (Wildman–Crippen LogP) is 1.13. The Balaban J connectivity index is 2.12. The minimum atomic E-state index is -0.946. The number of rotatable bonds is 7. The SMILES string of the molecule is NC(=O)NC(CC(=O)NC(C(N)=O)c1ccccc1)c1ccccc1. The molecule has 0 aliphatic rings. The lowest BCUT2D eigenvalue weighted by Gasteiger charge is -2.20. The third-order valence-electron chi connectivity index (χ3n) is 3.63. The van der Waals surface area contributed by atoms with E-state index in [0.29, 0.717) is 5.56 Å². The van der Waals surface area contributed by atoms with Crippen LogP contribution in [0.1, 0.15) is 29.6 Å². The number of hydrogen-bond donors (Lipinski definition) is 4. The molecule has 4 amide bonds. The van der Waals surface area contributed by atoms with Crippen molar-refractivity contribution in [1.82, 2.24) is 10.6 Å². The maximum absolute atomic E-state index is 12.4. The number of amides is 4. The van der Waals surface area contributed by atoms with Crippen LogP contribution < -0.4 is 22.1 Å². The van der Waals surface area contributed by atoms with E-state index < -0.39 is 29.9 Å². The summed E-state index contributed by atoms with van der Waals surface area (Å²) in [5, 5.41) is 5.13. The highest BCUT2D eigenvalue weighted by atomic mass is 16.2. The van der Waals surface area contributed by atoms with Gasteiger partial charge in [0.1, 0.15) is 6.04 Å². The van der Waals surface area contributed by atoms with Crippen molar-refractivity contribution in [2.75, 3.05) is 0 Å². The molecule has 0 fully saturated rings. The van der Waals surface area contributed by atoms with Crippen LogP contribution in [-0.4, -0.2) is 17.8 Å². The minimum Gasteiger partial charge on any atom is -0.368 e. The number of carbonyl (C=O) groups is 3. The second-order valence-corrected chi connectivity index (χ2v) is 5.49. The summed E-state index contributed by atoms with van der Waals surface area (Å²) in [5.74, 6) is -1.10. The molecule has 7 heteroatoms. The van der Waals surface area contributed by atoms with Crippen LogP contribution in [-0.2, 0) is 9.59 Å². The lowest BCUT2D eigenvalue weighted by molar-refractivity contribution is -0.127. The highest BCUT2D eigenvalue weighted by molar-refractivity contribution is 5.88. The third-order valence-corrected chi connectivity index (χ3v) is 3.63. The number of benzene rings is 2. The third kappa shape index (κ3) is 5.35. The summed E-state index contributed by atoms with van der Waals surface area (Å²) in [4.78, 5) is 35.3. The van der Waals surface area contributed by atoms with Crippen molar-refractivity contribution in [3.8, 4) is 0 Å². The van der Waals surface area contributed by atoms with E-state index in [4.69, 9.17) is 11.5 Å². The minimum absolute atomic E-state index is 0.0798. The van der Waals surface area contributed by atoms with Gasteiger partial charge < -0.3 is 22.1 Å². The van der Waals surface area contributed by atoms with Gasteiger partial charge in [-0.2, -0.15) is 0 Å². The molecular weight excluding hydrogens is 320 g/mol.